The van der Waals surface area contributed by atoms with Gasteiger partial charge in [-0.05, 0) is 54.5 Å². The topological polar surface area (TPSA) is 25.2 Å². The molecule has 1 fully saturated rings. The standard InChI is InChI=1S/C16H17NO/c1-2-14-15-8-11(13-5-7-18-10-13)3-4-12(15)9-16(14)17-6-1/h3-5,7-8,10,14,16-17H,1-2,6,9H2/t14-,16+/m0/s1. The SMILES string of the molecule is c1cc(-c2ccc3c(c2)[C@@H]2CCCN[C@@H]2C3)co1. The fourth-order valence-corrected chi connectivity index (χ4v) is 3.51. The van der Waals surface area contributed by atoms with Gasteiger partial charge in [0.2, 0.25) is 0 Å². The Hall–Kier alpha value is -1.54. The van der Waals surface area contributed by atoms with Crippen molar-refractivity contribution < 1.29 is 4.42 Å². The Morgan fingerprint density at radius 1 is 1.17 bits per heavy atom. The van der Waals surface area contributed by atoms with Crippen LogP contribution in [0.2, 0.25) is 0 Å². The maximum Gasteiger partial charge on any atom is 0.0980 e. The minimum atomic E-state index is 0.674. The fourth-order valence-electron chi connectivity index (χ4n) is 3.51. The lowest BCUT2D eigenvalue weighted by Gasteiger charge is -2.27. The van der Waals surface area contributed by atoms with E-state index in [1.54, 1.807) is 11.8 Å². The second-order valence-corrected chi connectivity index (χ2v) is 5.44. The van der Waals surface area contributed by atoms with E-state index >= 15 is 0 Å². The van der Waals surface area contributed by atoms with Crippen LogP contribution in [0.3, 0.4) is 0 Å². The van der Waals surface area contributed by atoms with Gasteiger partial charge in [0.1, 0.15) is 0 Å². The molecule has 2 atom stereocenters. The van der Waals surface area contributed by atoms with E-state index in [1.807, 2.05) is 12.3 Å². The van der Waals surface area contributed by atoms with Gasteiger partial charge in [-0.2, -0.15) is 0 Å². The monoisotopic (exact) mass is 239 g/mol. The molecule has 1 saturated heterocycles. The van der Waals surface area contributed by atoms with Crippen LogP contribution < -0.4 is 5.32 Å². The Kier molecular flexibility index (Phi) is 2.30. The lowest BCUT2D eigenvalue weighted by molar-refractivity contribution is 0.372. The molecular formula is C16H17NO. The number of hydrogen-bond donors (Lipinski definition) is 1. The number of benzene rings is 1. The molecule has 2 aliphatic rings. The molecule has 92 valence electrons. The summed E-state index contributed by atoms with van der Waals surface area (Å²) in [5, 5.41) is 3.66. The molecule has 1 N–H and O–H groups in total. The minimum absolute atomic E-state index is 0.674. The summed E-state index contributed by atoms with van der Waals surface area (Å²) < 4.78 is 5.18. The van der Waals surface area contributed by atoms with Gasteiger partial charge in [0.15, 0.2) is 0 Å². The largest absolute Gasteiger partial charge is 0.472 e. The second-order valence-electron chi connectivity index (χ2n) is 5.44. The summed E-state index contributed by atoms with van der Waals surface area (Å²) in [5.41, 5.74) is 5.57. The normalized spacial score (nSPS) is 25.8. The van der Waals surface area contributed by atoms with Crippen LogP contribution in [0.5, 0.6) is 0 Å². The predicted molar refractivity (Wildman–Crippen MR) is 71.6 cm³/mol. The maximum absolute atomic E-state index is 5.18. The number of piperidine rings is 1. The van der Waals surface area contributed by atoms with Crippen molar-refractivity contribution in [3.63, 3.8) is 0 Å². The molecule has 0 radical (unpaired) electrons. The minimum Gasteiger partial charge on any atom is -0.472 e. The summed E-state index contributed by atoms with van der Waals surface area (Å²) in [6, 6.07) is 9.61. The third-order valence-corrected chi connectivity index (χ3v) is 4.42. The van der Waals surface area contributed by atoms with E-state index in [1.165, 1.54) is 42.5 Å². The molecule has 1 aliphatic heterocycles. The predicted octanol–water partition coefficient (Wildman–Crippen LogP) is 3.34. The van der Waals surface area contributed by atoms with Gasteiger partial charge >= 0.3 is 0 Å². The number of furan rings is 1. The molecule has 0 bridgehead atoms. The van der Waals surface area contributed by atoms with Crippen molar-refractivity contribution in [3.05, 3.63) is 47.9 Å². The van der Waals surface area contributed by atoms with Crippen LogP contribution in [0, 0.1) is 0 Å². The van der Waals surface area contributed by atoms with Gasteiger partial charge in [-0.25, -0.2) is 0 Å². The second kappa shape index (κ2) is 3.99. The van der Waals surface area contributed by atoms with Crippen LogP contribution in [-0.4, -0.2) is 12.6 Å². The first-order chi connectivity index (χ1) is 8.92. The van der Waals surface area contributed by atoms with E-state index in [0.29, 0.717) is 6.04 Å². The van der Waals surface area contributed by atoms with Crippen molar-refractivity contribution in [2.24, 2.45) is 0 Å². The van der Waals surface area contributed by atoms with Crippen LogP contribution in [0.15, 0.2) is 41.2 Å². The average molecular weight is 239 g/mol. The Labute approximate surface area is 107 Å². The van der Waals surface area contributed by atoms with Gasteiger partial charge in [0, 0.05) is 11.6 Å². The van der Waals surface area contributed by atoms with Gasteiger partial charge in [-0.1, -0.05) is 18.2 Å². The highest BCUT2D eigenvalue weighted by Crippen LogP contribution is 2.40. The lowest BCUT2D eigenvalue weighted by atomic mass is 9.89. The highest BCUT2D eigenvalue weighted by atomic mass is 16.3. The van der Waals surface area contributed by atoms with Crippen LogP contribution in [-0.2, 0) is 6.42 Å². The molecular weight excluding hydrogens is 222 g/mol. The molecule has 1 aromatic heterocycles. The van der Waals surface area contributed by atoms with Crippen molar-refractivity contribution >= 4 is 0 Å². The highest BCUT2D eigenvalue weighted by molar-refractivity contribution is 5.64. The molecule has 0 saturated carbocycles. The average Bonchev–Trinajstić information content (AvgIpc) is 3.05. The van der Waals surface area contributed by atoms with Crippen LogP contribution >= 0.6 is 0 Å². The molecule has 0 unspecified atom stereocenters. The van der Waals surface area contributed by atoms with Crippen molar-refractivity contribution in [1.29, 1.82) is 0 Å². The van der Waals surface area contributed by atoms with E-state index in [2.05, 4.69) is 23.5 Å². The molecule has 2 nitrogen and oxygen atoms in total. The smallest absolute Gasteiger partial charge is 0.0980 e. The van der Waals surface area contributed by atoms with Gasteiger partial charge < -0.3 is 9.73 Å². The van der Waals surface area contributed by atoms with Crippen molar-refractivity contribution in [2.45, 2.75) is 31.2 Å². The number of hydrogen-bond acceptors (Lipinski definition) is 2. The molecule has 0 spiro atoms. The van der Waals surface area contributed by atoms with Crippen molar-refractivity contribution in [1.82, 2.24) is 5.32 Å². The van der Waals surface area contributed by atoms with Crippen LogP contribution in [0.4, 0.5) is 0 Å². The van der Waals surface area contributed by atoms with E-state index in [9.17, 15) is 0 Å². The first kappa shape index (κ1) is 10.4. The summed E-state index contributed by atoms with van der Waals surface area (Å²) in [7, 11) is 0. The highest BCUT2D eigenvalue weighted by Gasteiger charge is 2.33. The zero-order valence-corrected chi connectivity index (χ0v) is 10.4. The summed E-state index contributed by atoms with van der Waals surface area (Å²) in [6.45, 7) is 1.18. The van der Waals surface area contributed by atoms with Crippen molar-refractivity contribution in [3.8, 4) is 11.1 Å². The quantitative estimate of drug-likeness (QED) is 0.825. The van der Waals surface area contributed by atoms with E-state index in [-0.39, 0.29) is 0 Å². The van der Waals surface area contributed by atoms with Gasteiger partial charge in [-0.3, -0.25) is 0 Å². The van der Waals surface area contributed by atoms with E-state index in [0.717, 1.165) is 5.92 Å². The summed E-state index contributed by atoms with van der Waals surface area (Å²) in [4.78, 5) is 0. The Balaban J connectivity index is 1.76. The Morgan fingerprint density at radius 2 is 2.17 bits per heavy atom. The third kappa shape index (κ3) is 1.52. The van der Waals surface area contributed by atoms with Gasteiger partial charge in [0.05, 0.1) is 12.5 Å². The summed E-state index contributed by atoms with van der Waals surface area (Å²) >= 11 is 0. The molecule has 2 aromatic rings. The summed E-state index contributed by atoms with van der Waals surface area (Å²) in [5.74, 6) is 0.723. The zero-order chi connectivity index (χ0) is 11.9. The third-order valence-electron chi connectivity index (χ3n) is 4.42. The molecule has 1 aromatic carbocycles. The van der Waals surface area contributed by atoms with Gasteiger partial charge in [-0.15, -0.1) is 0 Å². The van der Waals surface area contributed by atoms with Crippen molar-refractivity contribution in [2.75, 3.05) is 6.54 Å². The lowest BCUT2D eigenvalue weighted by Crippen LogP contribution is -2.37. The van der Waals surface area contributed by atoms with Gasteiger partial charge in [0.25, 0.3) is 0 Å². The van der Waals surface area contributed by atoms with E-state index in [4.69, 9.17) is 4.42 Å². The number of fused-ring (bicyclic) bond motifs is 3. The zero-order valence-electron chi connectivity index (χ0n) is 10.4. The van der Waals surface area contributed by atoms with Crippen LogP contribution in [0.1, 0.15) is 29.9 Å². The first-order valence-corrected chi connectivity index (χ1v) is 6.80. The fraction of sp³-hybridized carbons (Fsp3) is 0.375. The molecule has 0 amide bonds. The van der Waals surface area contributed by atoms with Crippen LogP contribution in [0.25, 0.3) is 11.1 Å². The van der Waals surface area contributed by atoms with E-state index < -0.39 is 0 Å². The first-order valence-electron chi connectivity index (χ1n) is 6.80. The molecule has 1 aliphatic carbocycles. The Bertz CT molecular complexity index is 558. The Morgan fingerprint density at radius 3 is 3.06 bits per heavy atom. The molecule has 2 heteroatoms. The number of rotatable bonds is 1. The molecule has 2 heterocycles. The maximum atomic E-state index is 5.18. The molecule has 18 heavy (non-hydrogen) atoms. The summed E-state index contributed by atoms with van der Waals surface area (Å²) in [6.07, 6.45) is 7.41. The number of nitrogens with one attached hydrogen (secondary N) is 1. The molecule has 4 rings (SSSR count).